The number of ether oxygens (including phenoxy) is 2. The SMILES string of the molecule is O=C(/C=C/c1ccc2c(c1)OCCO2)NCc1cnn(-c2ccc(Cl)cc2)c1. The van der Waals surface area contributed by atoms with E-state index in [2.05, 4.69) is 10.4 Å². The predicted octanol–water partition coefficient (Wildman–Crippen LogP) is 3.63. The Hall–Kier alpha value is -3.25. The van der Waals surface area contributed by atoms with Gasteiger partial charge in [0.15, 0.2) is 11.5 Å². The highest BCUT2D eigenvalue weighted by atomic mass is 35.5. The van der Waals surface area contributed by atoms with E-state index in [4.69, 9.17) is 21.1 Å². The molecule has 7 heteroatoms. The van der Waals surface area contributed by atoms with Crippen molar-refractivity contribution < 1.29 is 14.3 Å². The highest BCUT2D eigenvalue weighted by Gasteiger charge is 2.10. The first kappa shape index (κ1) is 18.1. The third-order valence-electron chi connectivity index (χ3n) is 4.19. The van der Waals surface area contributed by atoms with Crippen LogP contribution in [0.15, 0.2) is 60.9 Å². The zero-order valence-electron chi connectivity index (χ0n) is 15.0. The highest BCUT2D eigenvalue weighted by molar-refractivity contribution is 6.30. The van der Waals surface area contributed by atoms with E-state index in [0.717, 1.165) is 22.6 Å². The molecule has 6 nitrogen and oxygen atoms in total. The van der Waals surface area contributed by atoms with E-state index in [-0.39, 0.29) is 5.91 Å². The van der Waals surface area contributed by atoms with Gasteiger partial charge in [0, 0.05) is 29.4 Å². The molecular formula is C21H18ClN3O3. The monoisotopic (exact) mass is 395 g/mol. The summed E-state index contributed by atoms with van der Waals surface area (Å²) in [5.41, 5.74) is 2.67. The maximum Gasteiger partial charge on any atom is 0.244 e. The van der Waals surface area contributed by atoms with Crippen LogP contribution in [0.1, 0.15) is 11.1 Å². The Morgan fingerprint density at radius 1 is 1.14 bits per heavy atom. The number of hydrogen-bond acceptors (Lipinski definition) is 4. The molecule has 0 unspecified atom stereocenters. The van der Waals surface area contributed by atoms with Gasteiger partial charge >= 0.3 is 0 Å². The average Bonchev–Trinajstić information content (AvgIpc) is 3.20. The normalized spacial score (nSPS) is 12.9. The Labute approximate surface area is 167 Å². The van der Waals surface area contributed by atoms with Crippen molar-refractivity contribution in [2.24, 2.45) is 0 Å². The van der Waals surface area contributed by atoms with E-state index in [1.165, 1.54) is 6.08 Å². The summed E-state index contributed by atoms with van der Waals surface area (Å²) in [5.74, 6) is 1.24. The Balaban J connectivity index is 1.33. The van der Waals surface area contributed by atoms with Crippen LogP contribution in [0.5, 0.6) is 11.5 Å². The molecule has 0 spiro atoms. The fourth-order valence-electron chi connectivity index (χ4n) is 2.77. The van der Waals surface area contributed by atoms with E-state index < -0.39 is 0 Å². The maximum atomic E-state index is 12.1. The molecule has 1 N–H and O–H groups in total. The molecule has 4 rings (SSSR count). The maximum absolute atomic E-state index is 12.1. The van der Waals surface area contributed by atoms with Crippen LogP contribution in [-0.2, 0) is 11.3 Å². The zero-order valence-corrected chi connectivity index (χ0v) is 15.7. The van der Waals surface area contributed by atoms with Gasteiger partial charge in [0.05, 0.1) is 11.9 Å². The highest BCUT2D eigenvalue weighted by Crippen LogP contribution is 2.31. The predicted molar refractivity (Wildman–Crippen MR) is 107 cm³/mol. The van der Waals surface area contributed by atoms with Gasteiger partial charge in [-0.3, -0.25) is 4.79 Å². The summed E-state index contributed by atoms with van der Waals surface area (Å²) in [6.45, 7) is 1.47. The van der Waals surface area contributed by atoms with E-state index in [1.807, 2.05) is 48.7 Å². The lowest BCUT2D eigenvalue weighted by molar-refractivity contribution is -0.116. The summed E-state index contributed by atoms with van der Waals surface area (Å²) in [5, 5.41) is 7.83. The number of amides is 1. The Morgan fingerprint density at radius 3 is 2.75 bits per heavy atom. The Kier molecular flexibility index (Phi) is 5.30. The summed E-state index contributed by atoms with van der Waals surface area (Å²) in [6.07, 6.45) is 6.83. The molecule has 142 valence electrons. The van der Waals surface area contributed by atoms with Crippen LogP contribution in [0.25, 0.3) is 11.8 Å². The number of rotatable bonds is 5. The van der Waals surface area contributed by atoms with E-state index >= 15 is 0 Å². The number of fused-ring (bicyclic) bond motifs is 1. The molecule has 0 fully saturated rings. The second kappa shape index (κ2) is 8.19. The number of hydrogen-bond donors (Lipinski definition) is 1. The van der Waals surface area contributed by atoms with Crippen LogP contribution >= 0.6 is 11.6 Å². The van der Waals surface area contributed by atoms with Crippen molar-refractivity contribution in [3.05, 3.63) is 77.1 Å². The van der Waals surface area contributed by atoms with Gasteiger partial charge < -0.3 is 14.8 Å². The minimum atomic E-state index is -0.186. The Morgan fingerprint density at radius 2 is 1.93 bits per heavy atom. The summed E-state index contributed by atoms with van der Waals surface area (Å²) in [6, 6.07) is 13.0. The molecule has 0 aliphatic carbocycles. The molecule has 0 radical (unpaired) electrons. The quantitative estimate of drug-likeness (QED) is 0.670. The molecule has 28 heavy (non-hydrogen) atoms. The minimum absolute atomic E-state index is 0.186. The third-order valence-corrected chi connectivity index (χ3v) is 4.44. The molecule has 0 atom stereocenters. The lowest BCUT2D eigenvalue weighted by Gasteiger charge is -2.18. The van der Waals surface area contributed by atoms with Crippen molar-refractivity contribution in [2.75, 3.05) is 13.2 Å². The molecule has 1 aliphatic heterocycles. The number of nitrogens with one attached hydrogen (secondary N) is 1. The van der Waals surface area contributed by atoms with Crippen LogP contribution in [0.3, 0.4) is 0 Å². The summed E-state index contributed by atoms with van der Waals surface area (Å²) in [4.78, 5) is 12.1. The number of aromatic nitrogens is 2. The number of nitrogens with zero attached hydrogens (tertiary/aromatic N) is 2. The molecule has 1 aliphatic rings. The van der Waals surface area contributed by atoms with Crippen LogP contribution in [0.4, 0.5) is 0 Å². The zero-order chi connectivity index (χ0) is 19.3. The number of carbonyl (C=O) groups excluding carboxylic acids is 1. The van der Waals surface area contributed by atoms with Crippen molar-refractivity contribution in [3.63, 3.8) is 0 Å². The standard InChI is InChI=1S/C21H18ClN3O3/c22-17-3-5-18(6-4-17)25-14-16(13-24-25)12-23-21(26)8-2-15-1-7-19-20(11-15)28-10-9-27-19/h1-8,11,13-14H,9-10,12H2,(H,23,26)/b8-2+. The van der Waals surface area contributed by atoms with Crippen LogP contribution in [0.2, 0.25) is 5.02 Å². The lowest BCUT2D eigenvalue weighted by atomic mass is 10.2. The van der Waals surface area contributed by atoms with Gasteiger partial charge in [-0.1, -0.05) is 17.7 Å². The van der Waals surface area contributed by atoms with Crippen LogP contribution in [0, 0.1) is 0 Å². The third kappa shape index (κ3) is 4.35. The van der Waals surface area contributed by atoms with Gasteiger partial charge in [-0.25, -0.2) is 4.68 Å². The van der Waals surface area contributed by atoms with Crippen molar-refractivity contribution in [1.82, 2.24) is 15.1 Å². The minimum Gasteiger partial charge on any atom is -0.486 e. The fraction of sp³-hybridized carbons (Fsp3) is 0.143. The van der Waals surface area contributed by atoms with Gasteiger partial charge in [-0.15, -0.1) is 0 Å². The largest absolute Gasteiger partial charge is 0.486 e. The summed E-state index contributed by atoms with van der Waals surface area (Å²) >= 11 is 5.90. The van der Waals surface area contributed by atoms with Crippen LogP contribution in [-0.4, -0.2) is 28.9 Å². The second-order valence-corrected chi connectivity index (χ2v) is 6.66. The van der Waals surface area contributed by atoms with Crippen molar-refractivity contribution in [2.45, 2.75) is 6.54 Å². The van der Waals surface area contributed by atoms with Gasteiger partial charge in [-0.05, 0) is 48.0 Å². The van der Waals surface area contributed by atoms with E-state index in [0.29, 0.717) is 30.5 Å². The lowest BCUT2D eigenvalue weighted by Crippen LogP contribution is -2.19. The summed E-state index contributed by atoms with van der Waals surface area (Å²) < 4.78 is 12.8. The van der Waals surface area contributed by atoms with Crippen molar-refractivity contribution >= 4 is 23.6 Å². The van der Waals surface area contributed by atoms with Crippen LogP contribution < -0.4 is 14.8 Å². The molecule has 2 heterocycles. The van der Waals surface area contributed by atoms with Crippen molar-refractivity contribution in [1.29, 1.82) is 0 Å². The molecule has 1 aromatic heterocycles. The van der Waals surface area contributed by atoms with Gasteiger partial charge in [-0.2, -0.15) is 5.10 Å². The first-order valence-corrected chi connectivity index (χ1v) is 9.20. The first-order valence-electron chi connectivity index (χ1n) is 8.82. The Bertz CT molecular complexity index is 1010. The molecule has 0 saturated heterocycles. The smallest absolute Gasteiger partial charge is 0.244 e. The van der Waals surface area contributed by atoms with Gasteiger partial charge in [0.2, 0.25) is 5.91 Å². The topological polar surface area (TPSA) is 65.4 Å². The molecule has 2 aromatic carbocycles. The molecule has 3 aromatic rings. The first-order chi connectivity index (χ1) is 13.7. The summed E-state index contributed by atoms with van der Waals surface area (Å²) in [7, 11) is 0. The van der Waals surface area contributed by atoms with Crippen molar-refractivity contribution in [3.8, 4) is 17.2 Å². The van der Waals surface area contributed by atoms with E-state index in [1.54, 1.807) is 17.0 Å². The molecule has 0 saturated carbocycles. The fourth-order valence-corrected chi connectivity index (χ4v) is 2.90. The second-order valence-electron chi connectivity index (χ2n) is 6.22. The molecule has 1 amide bonds. The molecule has 0 bridgehead atoms. The van der Waals surface area contributed by atoms with E-state index in [9.17, 15) is 4.79 Å². The number of carbonyl (C=O) groups is 1. The molecular weight excluding hydrogens is 378 g/mol. The number of halogens is 1. The van der Waals surface area contributed by atoms with Gasteiger partial charge in [0.25, 0.3) is 0 Å². The number of benzene rings is 2. The average molecular weight is 396 g/mol. The van der Waals surface area contributed by atoms with Gasteiger partial charge in [0.1, 0.15) is 13.2 Å².